The molecule has 0 N–H and O–H groups in total. The fourth-order valence-electron chi connectivity index (χ4n) is 13.0. The number of hydrogen-bond donors (Lipinski definition) is 0. The van der Waals surface area contributed by atoms with Gasteiger partial charge in [0, 0.05) is 0 Å². The van der Waals surface area contributed by atoms with Crippen LogP contribution in [0.25, 0.3) is 154 Å². The van der Waals surface area contributed by atoms with Crippen LogP contribution in [0, 0.1) is 0 Å². The summed E-state index contributed by atoms with van der Waals surface area (Å²) in [5.74, 6) is 0. The van der Waals surface area contributed by atoms with E-state index in [1.54, 1.807) is 0 Å². The van der Waals surface area contributed by atoms with E-state index in [1.165, 1.54) is 154 Å². The van der Waals surface area contributed by atoms with E-state index in [1.807, 2.05) is 0 Å². The Hall–Kier alpha value is -10.1. The summed E-state index contributed by atoms with van der Waals surface area (Å²) in [6.07, 6.45) is 0. The molecule has 0 saturated carbocycles. The average Bonchev–Trinajstić information content (AvgIpc) is 3.70. The second kappa shape index (κ2) is 18.9. The summed E-state index contributed by atoms with van der Waals surface area (Å²) in [6.45, 7) is 0. The maximum atomic E-state index is 2.53. The maximum Gasteiger partial charge on any atom is -0.000786 e. The Morgan fingerprint density at radius 3 is 0.564 bits per heavy atom. The van der Waals surface area contributed by atoms with Crippen LogP contribution in [-0.4, -0.2) is 0 Å². The van der Waals surface area contributed by atoms with Crippen molar-refractivity contribution in [3.8, 4) is 89.0 Å². The lowest BCUT2D eigenvalue weighted by Gasteiger charge is -2.26. The van der Waals surface area contributed by atoms with Crippen molar-refractivity contribution in [3.05, 3.63) is 303 Å². The fraction of sp³-hybridized carbons (Fsp3) is 0. The van der Waals surface area contributed by atoms with Crippen LogP contribution in [0.4, 0.5) is 0 Å². The van der Waals surface area contributed by atoms with Crippen LogP contribution < -0.4 is 0 Å². The van der Waals surface area contributed by atoms with Crippen LogP contribution in [0.2, 0.25) is 0 Å². The molecule has 362 valence electrons. The first kappa shape index (κ1) is 45.3. The van der Waals surface area contributed by atoms with E-state index in [2.05, 4.69) is 303 Å². The standard InChI is InChI=1S/C78H50/c1-7-27-51(28-8-1)67-49-69-65(73(55-35-15-5-16-36-55)77(67)75-61-43-23-19-39-57(61)71(53-31-11-3-12-32-53)58-40-20-24-44-62(58)75)47-48-66-70(69)50-68(52-29-9-2-10-30-52)78(74(66)56-37-17-6-18-38-56)76-63-45-25-21-41-59(63)72(54-33-13-4-14-34-54)60-42-22-26-46-64(60)76/h1-50H. The van der Waals surface area contributed by atoms with Crippen LogP contribution in [-0.2, 0) is 0 Å². The van der Waals surface area contributed by atoms with E-state index in [0.717, 1.165) is 0 Å². The Balaban J connectivity index is 1.15. The van der Waals surface area contributed by atoms with Gasteiger partial charge in [-0.25, -0.2) is 0 Å². The quantitative estimate of drug-likeness (QED) is 0.105. The SMILES string of the molecule is c1ccc(-c2cc3c(ccc4c(-c5ccccc5)c(-c5c6ccccc6c(-c6ccccc6)c6ccccc56)c(-c5ccccc5)cc43)c(-c3ccccc3)c2-c2c3ccccc3c(-c3ccccc3)c3ccccc23)cc1. The lowest BCUT2D eigenvalue weighted by Crippen LogP contribution is -1.99. The second-order valence-electron chi connectivity index (χ2n) is 20.5. The molecular weight excluding hydrogens is 937 g/mol. The molecule has 0 bridgehead atoms. The highest BCUT2D eigenvalue weighted by Crippen LogP contribution is 2.56. The minimum absolute atomic E-state index is 1.17. The summed E-state index contributed by atoms with van der Waals surface area (Å²) in [4.78, 5) is 0. The first-order valence-electron chi connectivity index (χ1n) is 27.1. The minimum Gasteiger partial charge on any atom is -0.0622 e. The van der Waals surface area contributed by atoms with Gasteiger partial charge in [0.25, 0.3) is 0 Å². The Kier molecular flexibility index (Phi) is 11.0. The van der Waals surface area contributed by atoms with Gasteiger partial charge in [0.2, 0.25) is 0 Å². The third-order valence-corrected chi connectivity index (χ3v) is 16.2. The monoisotopic (exact) mass is 986 g/mol. The van der Waals surface area contributed by atoms with E-state index in [-0.39, 0.29) is 0 Å². The van der Waals surface area contributed by atoms with Crippen LogP contribution >= 0.6 is 0 Å². The topological polar surface area (TPSA) is 0 Å². The molecule has 0 aliphatic rings. The van der Waals surface area contributed by atoms with Crippen molar-refractivity contribution in [1.82, 2.24) is 0 Å². The number of benzene rings is 15. The largest absolute Gasteiger partial charge is 0.0622 e. The third kappa shape index (κ3) is 7.30. The van der Waals surface area contributed by atoms with Gasteiger partial charge in [-0.2, -0.15) is 0 Å². The maximum absolute atomic E-state index is 2.53. The predicted molar refractivity (Wildman–Crippen MR) is 335 cm³/mol. The van der Waals surface area contributed by atoms with E-state index < -0.39 is 0 Å². The summed E-state index contributed by atoms with van der Waals surface area (Å²) in [6, 6.07) is 113. The van der Waals surface area contributed by atoms with Crippen molar-refractivity contribution >= 4 is 64.6 Å². The summed E-state index contributed by atoms with van der Waals surface area (Å²) in [5.41, 5.74) is 19.4. The molecule has 15 aromatic rings. The van der Waals surface area contributed by atoms with Gasteiger partial charge in [0.15, 0.2) is 0 Å². The van der Waals surface area contributed by atoms with Crippen molar-refractivity contribution < 1.29 is 0 Å². The van der Waals surface area contributed by atoms with Crippen LogP contribution in [0.1, 0.15) is 0 Å². The predicted octanol–water partition coefficient (Wildman–Crippen LogP) is 21.9. The molecule has 0 fully saturated rings. The van der Waals surface area contributed by atoms with Crippen molar-refractivity contribution in [3.63, 3.8) is 0 Å². The van der Waals surface area contributed by atoms with E-state index >= 15 is 0 Å². The highest BCUT2D eigenvalue weighted by molar-refractivity contribution is 6.30. The number of rotatable bonds is 8. The molecule has 0 aromatic heterocycles. The van der Waals surface area contributed by atoms with Gasteiger partial charge in [-0.15, -0.1) is 0 Å². The molecule has 15 rings (SSSR count). The Morgan fingerprint density at radius 2 is 0.308 bits per heavy atom. The molecule has 0 nitrogen and oxygen atoms in total. The smallest absolute Gasteiger partial charge is 0.000786 e. The van der Waals surface area contributed by atoms with Gasteiger partial charge < -0.3 is 0 Å². The Bertz CT molecular complexity index is 4350. The molecule has 0 saturated heterocycles. The first-order chi connectivity index (χ1) is 38.8. The summed E-state index contributed by atoms with van der Waals surface area (Å²) in [7, 11) is 0. The lowest BCUT2D eigenvalue weighted by molar-refractivity contribution is 1.60. The molecule has 0 heteroatoms. The molecule has 0 unspecified atom stereocenters. The zero-order valence-electron chi connectivity index (χ0n) is 42.9. The normalized spacial score (nSPS) is 11.6. The van der Waals surface area contributed by atoms with Gasteiger partial charge in [-0.05, 0) is 166 Å². The highest BCUT2D eigenvalue weighted by Gasteiger charge is 2.28. The molecule has 0 aliphatic heterocycles. The van der Waals surface area contributed by atoms with Gasteiger partial charge in [-0.1, -0.05) is 291 Å². The van der Waals surface area contributed by atoms with Crippen molar-refractivity contribution in [2.24, 2.45) is 0 Å². The molecule has 78 heavy (non-hydrogen) atoms. The van der Waals surface area contributed by atoms with E-state index in [9.17, 15) is 0 Å². The fourth-order valence-corrected chi connectivity index (χ4v) is 13.0. The zero-order valence-corrected chi connectivity index (χ0v) is 42.9. The molecular formula is C78H50. The summed E-state index contributed by atoms with van der Waals surface area (Å²) < 4.78 is 0. The number of hydrogen-bond acceptors (Lipinski definition) is 0. The minimum atomic E-state index is 1.17. The molecule has 15 aromatic carbocycles. The van der Waals surface area contributed by atoms with Crippen LogP contribution in [0.3, 0.4) is 0 Å². The average molecular weight is 987 g/mol. The highest BCUT2D eigenvalue weighted by atomic mass is 14.3. The Morgan fingerprint density at radius 1 is 0.115 bits per heavy atom. The second-order valence-corrected chi connectivity index (χ2v) is 20.5. The molecule has 0 atom stereocenters. The van der Waals surface area contributed by atoms with Crippen LogP contribution in [0.5, 0.6) is 0 Å². The Labute approximate surface area is 454 Å². The van der Waals surface area contributed by atoms with E-state index in [0.29, 0.717) is 0 Å². The summed E-state index contributed by atoms with van der Waals surface area (Å²) >= 11 is 0. The van der Waals surface area contributed by atoms with Gasteiger partial charge in [0.05, 0.1) is 0 Å². The van der Waals surface area contributed by atoms with Crippen molar-refractivity contribution in [1.29, 1.82) is 0 Å². The lowest BCUT2D eigenvalue weighted by atomic mass is 9.76. The molecule has 0 spiro atoms. The van der Waals surface area contributed by atoms with Crippen molar-refractivity contribution in [2.75, 3.05) is 0 Å². The van der Waals surface area contributed by atoms with Crippen LogP contribution in [0.15, 0.2) is 303 Å². The molecule has 0 radical (unpaired) electrons. The molecule has 0 heterocycles. The molecule has 0 amide bonds. The van der Waals surface area contributed by atoms with Crippen molar-refractivity contribution in [2.45, 2.75) is 0 Å². The van der Waals surface area contributed by atoms with Gasteiger partial charge in [0.1, 0.15) is 0 Å². The zero-order chi connectivity index (χ0) is 51.5. The van der Waals surface area contributed by atoms with Gasteiger partial charge >= 0.3 is 0 Å². The number of fused-ring (bicyclic) bond motifs is 7. The van der Waals surface area contributed by atoms with Gasteiger partial charge in [-0.3, -0.25) is 0 Å². The summed E-state index contributed by atoms with van der Waals surface area (Å²) in [5, 5.41) is 14.7. The van der Waals surface area contributed by atoms with E-state index in [4.69, 9.17) is 0 Å². The third-order valence-electron chi connectivity index (χ3n) is 16.2. The molecule has 0 aliphatic carbocycles. The first-order valence-corrected chi connectivity index (χ1v) is 27.1.